The number of imidazole rings is 1. The number of nitrogens with zero attached hydrogens (tertiary/aromatic N) is 5. The molecule has 34 heavy (non-hydrogen) atoms. The maximum absolute atomic E-state index is 13.8. The number of aromatic nitrogens is 4. The van der Waals surface area contributed by atoms with E-state index in [0.717, 1.165) is 11.1 Å². The van der Waals surface area contributed by atoms with Crippen molar-refractivity contribution in [3.05, 3.63) is 77.7 Å². The summed E-state index contributed by atoms with van der Waals surface area (Å²) >= 11 is 0. The van der Waals surface area contributed by atoms with Crippen molar-refractivity contribution >= 4 is 28.7 Å². The highest BCUT2D eigenvalue weighted by Gasteiger charge is 2.31. The average Bonchev–Trinajstić information content (AvgIpc) is 3.48. The zero-order valence-electron chi connectivity index (χ0n) is 18.7. The third-order valence-corrected chi connectivity index (χ3v) is 5.38. The summed E-state index contributed by atoms with van der Waals surface area (Å²) in [5.74, 6) is 6.03. The molecule has 3 heterocycles. The largest absolute Gasteiger partial charge is 0.496 e. The molecule has 0 saturated heterocycles. The molecular formula is C23H24N8O3. The lowest BCUT2D eigenvalue weighted by Gasteiger charge is -2.18. The molecule has 0 amide bonds. The van der Waals surface area contributed by atoms with E-state index in [4.69, 9.17) is 25.8 Å². The summed E-state index contributed by atoms with van der Waals surface area (Å²) in [5.41, 5.74) is 9.03. The van der Waals surface area contributed by atoms with Gasteiger partial charge in [0.2, 0.25) is 0 Å². The molecule has 0 aliphatic rings. The first kappa shape index (κ1) is 22.7. The summed E-state index contributed by atoms with van der Waals surface area (Å²) in [5, 5.41) is 10.6. The van der Waals surface area contributed by atoms with Crippen molar-refractivity contribution in [3.8, 4) is 5.75 Å². The maximum atomic E-state index is 13.8. The number of carbonyl (C=O) groups is 1. The molecule has 0 radical (unpaired) electrons. The number of methoxy groups -OCH3 is 1. The number of fused-ring (bicyclic) bond motifs is 1. The molecule has 11 heteroatoms. The summed E-state index contributed by atoms with van der Waals surface area (Å²) in [4.78, 5) is 22.7. The van der Waals surface area contributed by atoms with E-state index in [1.165, 1.54) is 18.6 Å². The van der Waals surface area contributed by atoms with Gasteiger partial charge in [-0.1, -0.05) is 23.4 Å². The number of ether oxygens (including phenoxy) is 1. The van der Waals surface area contributed by atoms with Crippen LogP contribution < -0.4 is 21.6 Å². The van der Waals surface area contributed by atoms with Crippen LogP contribution in [-0.2, 0) is 13.6 Å². The number of nitrogens with one attached hydrogen (secondary N) is 1. The fourth-order valence-corrected chi connectivity index (χ4v) is 3.65. The number of Topliss-reactive ketones (excluding diaryl/α,β-unsaturated/α-hetero) is 1. The Kier molecular flexibility index (Phi) is 6.64. The van der Waals surface area contributed by atoms with Gasteiger partial charge in [0.25, 0.3) is 0 Å². The molecule has 4 rings (SSSR count). The quantitative estimate of drug-likeness (QED) is 0.147. The topological polar surface area (TPSA) is 159 Å². The summed E-state index contributed by atoms with van der Waals surface area (Å²) in [6.07, 6.45) is 7.35. The Morgan fingerprint density at radius 3 is 2.94 bits per heavy atom. The van der Waals surface area contributed by atoms with E-state index in [1.807, 2.05) is 35.9 Å². The fraction of sp³-hybridized carbons (Fsp3) is 0.174. The maximum Gasteiger partial charge on any atom is 0.193 e. The molecular weight excluding hydrogens is 436 g/mol. The number of ketones is 1. The standard InChI is InChI=1S/C23H24N8O3/c1-31-18-12-26-9-8-17(18)29-23(31)21(27-11-14-5-3-4-6-19(14)33-2)22(32)15-13-34-30-20(15)16(24)7-10-28-25/h3-10,12-13,21,27H,11,24-25H2,1-2H3. The molecule has 0 spiro atoms. The number of carbonyl (C=O) groups excluding carboxylic acids is 1. The van der Waals surface area contributed by atoms with Gasteiger partial charge in [0.05, 0.1) is 35.6 Å². The predicted octanol–water partition coefficient (Wildman–Crippen LogP) is 1.92. The molecule has 11 nitrogen and oxygen atoms in total. The number of allylic oxidation sites excluding steroid dienone is 1. The zero-order chi connectivity index (χ0) is 24.1. The van der Waals surface area contributed by atoms with Gasteiger partial charge < -0.3 is 25.4 Å². The Labute approximate surface area is 195 Å². The second-order valence-electron chi connectivity index (χ2n) is 7.38. The Bertz CT molecular complexity index is 1370. The van der Waals surface area contributed by atoms with E-state index >= 15 is 0 Å². The Morgan fingerprint density at radius 2 is 2.18 bits per heavy atom. The van der Waals surface area contributed by atoms with Gasteiger partial charge in [0.1, 0.15) is 29.6 Å². The molecule has 3 aromatic heterocycles. The van der Waals surface area contributed by atoms with Gasteiger partial charge in [-0.3, -0.25) is 15.1 Å². The lowest BCUT2D eigenvalue weighted by Crippen LogP contribution is -2.31. The van der Waals surface area contributed by atoms with Crippen LogP contribution >= 0.6 is 0 Å². The number of pyridine rings is 1. The molecule has 5 N–H and O–H groups in total. The van der Waals surface area contributed by atoms with Gasteiger partial charge in [0, 0.05) is 31.6 Å². The van der Waals surface area contributed by atoms with Gasteiger partial charge in [-0.05, 0) is 18.2 Å². The van der Waals surface area contributed by atoms with Crippen LogP contribution in [-0.4, -0.2) is 38.8 Å². The minimum absolute atomic E-state index is 0.184. The van der Waals surface area contributed by atoms with Gasteiger partial charge in [0.15, 0.2) is 5.78 Å². The van der Waals surface area contributed by atoms with Gasteiger partial charge in [-0.25, -0.2) is 4.98 Å². The van der Waals surface area contributed by atoms with E-state index in [2.05, 4.69) is 20.6 Å². The number of benzene rings is 1. The Hall–Kier alpha value is -4.51. The molecule has 0 saturated carbocycles. The number of rotatable bonds is 9. The summed E-state index contributed by atoms with van der Waals surface area (Å²) in [7, 11) is 3.43. The van der Waals surface area contributed by atoms with Gasteiger partial charge in [-0.15, -0.1) is 0 Å². The lowest BCUT2D eigenvalue weighted by molar-refractivity contribution is 0.0935. The second-order valence-corrected chi connectivity index (χ2v) is 7.38. The van der Waals surface area contributed by atoms with E-state index < -0.39 is 6.04 Å². The molecule has 0 fully saturated rings. The summed E-state index contributed by atoms with van der Waals surface area (Å²) < 4.78 is 12.4. The van der Waals surface area contributed by atoms with Crippen LogP contribution in [0.15, 0.2) is 64.7 Å². The highest BCUT2D eigenvalue weighted by atomic mass is 16.5. The van der Waals surface area contributed by atoms with E-state index in [1.54, 1.807) is 25.6 Å². The van der Waals surface area contributed by atoms with Crippen molar-refractivity contribution in [1.82, 2.24) is 25.0 Å². The van der Waals surface area contributed by atoms with Crippen molar-refractivity contribution in [2.45, 2.75) is 12.6 Å². The number of hydrogen-bond acceptors (Lipinski definition) is 10. The lowest BCUT2D eigenvalue weighted by atomic mass is 10.0. The molecule has 0 aliphatic carbocycles. The number of aryl methyl sites for hydroxylation is 1. The molecule has 1 unspecified atom stereocenters. The van der Waals surface area contributed by atoms with E-state index in [-0.39, 0.29) is 22.7 Å². The molecule has 1 aromatic carbocycles. The summed E-state index contributed by atoms with van der Waals surface area (Å²) in [6.45, 7) is 0.341. The van der Waals surface area contributed by atoms with E-state index in [0.29, 0.717) is 23.6 Å². The minimum atomic E-state index is -0.851. The van der Waals surface area contributed by atoms with Crippen LogP contribution in [0.4, 0.5) is 0 Å². The molecule has 0 bridgehead atoms. The van der Waals surface area contributed by atoms with Crippen LogP contribution in [0.5, 0.6) is 5.75 Å². The second kappa shape index (κ2) is 9.96. The smallest absolute Gasteiger partial charge is 0.193 e. The predicted molar refractivity (Wildman–Crippen MR) is 127 cm³/mol. The molecule has 174 valence electrons. The van der Waals surface area contributed by atoms with E-state index in [9.17, 15) is 4.79 Å². The van der Waals surface area contributed by atoms with Crippen LogP contribution in [0.2, 0.25) is 0 Å². The first-order valence-corrected chi connectivity index (χ1v) is 10.3. The zero-order valence-corrected chi connectivity index (χ0v) is 18.7. The molecule has 4 aromatic rings. The first-order chi connectivity index (χ1) is 16.5. The van der Waals surface area contributed by atoms with Crippen LogP contribution in [0, 0.1) is 0 Å². The number of hydrazone groups is 1. The van der Waals surface area contributed by atoms with Crippen LogP contribution in [0.25, 0.3) is 16.7 Å². The van der Waals surface area contributed by atoms with Crippen LogP contribution in [0.3, 0.4) is 0 Å². The van der Waals surface area contributed by atoms with Crippen molar-refractivity contribution in [3.63, 3.8) is 0 Å². The average molecular weight is 460 g/mol. The Morgan fingerprint density at radius 1 is 1.35 bits per heavy atom. The number of hydrogen-bond donors (Lipinski definition) is 3. The fourth-order valence-electron chi connectivity index (χ4n) is 3.65. The third-order valence-electron chi connectivity index (χ3n) is 5.38. The van der Waals surface area contributed by atoms with Crippen molar-refractivity contribution in [1.29, 1.82) is 0 Å². The van der Waals surface area contributed by atoms with Crippen molar-refractivity contribution in [2.24, 2.45) is 23.7 Å². The summed E-state index contributed by atoms with van der Waals surface area (Å²) in [6, 6.07) is 8.50. The van der Waals surface area contributed by atoms with Gasteiger partial charge in [-0.2, -0.15) is 5.10 Å². The molecule has 1 atom stereocenters. The number of nitrogens with two attached hydrogens (primary N) is 2. The third kappa shape index (κ3) is 4.36. The monoisotopic (exact) mass is 460 g/mol. The minimum Gasteiger partial charge on any atom is -0.496 e. The van der Waals surface area contributed by atoms with Gasteiger partial charge >= 0.3 is 0 Å². The van der Waals surface area contributed by atoms with Crippen molar-refractivity contribution in [2.75, 3.05) is 7.11 Å². The van der Waals surface area contributed by atoms with Crippen LogP contribution in [0.1, 0.15) is 33.5 Å². The highest BCUT2D eigenvalue weighted by molar-refractivity contribution is 6.04. The van der Waals surface area contributed by atoms with Crippen molar-refractivity contribution < 1.29 is 14.1 Å². The first-order valence-electron chi connectivity index (χ1n) is 10.3. The Balaban J connectivity index is 1.76. The number of para-hydroxylation sites is 1. The molecule has 0 aliphatic heterocycles. The normalized spacial score (nSPS) is 12.9. The SMILES string of the molecule is COc1ccccc1CNC(C(=O)c1conc1C(N)=CC=NN)c1nc2ccncc2n1C. The highest BCUT2D eigenvalue weighted by Crippen LogP contribution is 2.26.